The van der Waals surface area contributed by atoms with E-state index in [1.54, 1.807) is 0 Å². The molecule has 0 aliphatic rings. The first kappa shape index (κ1) is 15.7. The minimum absolute atomic E-state index is 0.0334. The number of carbonyl (C=O) groups excluding carboxylic acids is 1. The molecule has 19 heavy (non-hydrogen) atoms. The molecule has 0 radical (unpaired) electrons. The molecule has 2 atom stereocenters. The molecular weight excluding hydrogens is 240 g/mol. The van der Waals surface area contributed by atoms with E-state index in [4.69, 9.17) is 5.73 Å². The monoisotopic (exact) mass is 264 g/mol. The summed E-state index contributed by atoms with van der Waals surface area (Å²) in [7, 11) is 0. The summed E-state index contributed by atoms with van der Waals surface area (Å²) in [5.74, 6) is -0.265. The highest BCUT2D eigenvalue weighted by Gasteiger charge is 2.19. The number of rotatable bonds is 5. The lowest BCUT2D eigenvalue weighted by molar-refractivity contribution is -0.123. The van der Waals surface area contributed by atoms with Crippen molar-refractivity contribution in [3.05, 3.63) is 35.9 Å². The molecule has 0 aromatic heterocycles. The molecule has 0 saturated heterocycles. The zero-order valence-corrected chi connectivity index (χ0v) is 11.9. The molecular formula is C15H24N2O2. The van der Waals surface area contributed by atoms with Gasteiger partial charge in [0.1, 0.15) is 6.04 Å². The van der Waals surface area contributed by atoms with Crippen LogP contribution in [0.1, 0.15) is 38.8 Å². The summed E-state index contributed by atoms with van der Waals surface area (Å²) in [4.78, 5) is 11.9. The first-order valence-electron chi connectivity index (χ1n) is 6.56. The van der Waals surface area contributed by atoms with Gasteiger partial charge in [0.25, 0.3) is 0 Å². The number of aliphatic hydroxyl groups is 1. The lowest BCUT2D eigenvalue weighted by Gasteiger charge is -2.23. The molecule has 1 aromatic carbocycles. The van der Waals surface area contributed by atoms with E-state index in [2.05, 4.69) is 5.32 Å². The van der Waals surface area contributed by atoms with E-state index in [0.29, 0.717) is 6.42 Å². The summed E-state index contributed by atoms with van der Waals surface area (Å²) in [6.45, 7) is 6.38. The lowest BCUT2D eigenvalue weighted by Crippen LogP contribution is -2.39. The van der Waals surface area contributed by atoms with Crippen LogP contribution in [0.15, 0.2) is 30.3 Å². The molecule has 4 nitrogen and oxygen atoms in total. The second-order valence-corrected chi connectivity index (χ2v) is 6.05. The van der Waals surface area contributed by atoms with Crippen molar-refractivity contribution in [2.75, 3.05) is 6.54 Å². The predicted octanol–water partition coefficient (Wildman–Crippen LogP) is 1.60. The molecule has 0 bridgehead atoms. The predicted molar refractivity (Wildman–Crippen MR) is 76.5 cm³/mol. The quantitative estimate of drug-likeness (QED) is 0.756. The van der Waals surface area contributed by atoms with Crippen LogP contribution in [0.4, 0.5) is 0 Å². The van der Waals surface area contributed by atoms with Gasteiger partial charge in [-0.05, 0) is 17.4 Å². The normalized spacial score (nSPS) is 14.8. The van der Waals surface area contributed by atoms with Crippen molar-refractivity contribution in [1.82, 2.24) is 5.32 Å². The summed E-state index contributed by atoms with van der Waals surface area (Å²) in [6.07, 6.45) is 0.0836. The van der Waals surface area contributed by atoms with E-state index in [1.165, 1.54) is 0 Å². The van der Waals surface area contributed by atoms with Crippen molar-refractivity contribution in [2.45, 2.75) is 39.3 Å². The number of nitrogens with one attached hydrogen (secondary N) is 1. The van der Waals surface area contributed by atoms with E-state index in [-0.39, 0.29) is 17.9 Å². The molecule has 1 aromatic rings. The average Bonchev–Trinajstić information content (AvgIpc) is 2.34. The Balaban J connectivity index is 2.43. The summed E-state index contributed by atoms with van der Waals surface area (Å²) >= 11 is 0. The second-order valence-electron chi connectivity index (χ2n) is 6.05. The zero-order valence-electron chi connectivity index (χ0n) is 11.9. The zero-order chi connectivity index (χ0) is 14.5. The van der Waals surface area contributed by atoms with Crippen molar-refractivity contribution >= 4 is 5.91 Å². The molecule has 2 unspecified atom stereocenters. The molecule has 0 spiro atoms. The van der Waals surface area contributed by atoms with E-state index in [9.17, 15) is 9.90 Å². The Labute approximate surface area is 115 Å². The van der Waals surface area contributed by atoms with Gasteiger partial charge >= 0.3 is 0 Å². The van der Waals surface area contributed by atoms with Crippen molar-refractivity contribution < 1.29 is 9.90 Å². The molecule has 106 valence electrons. The highest BCUT2D eigenvalue weighted by Crippen LogP contribution is 2.20. The van der Waals surface area contributed by atoms with Gasteiger partial charge in [0.15, 0.2) is 0 Å². The van der Waals surface area contributed by atoms with Gasteiger partial charge in [-0.3, -0.25) is 4.79 Å². The van der Waals surface area contributed by atoms with Gasteiger partial charge < -0.3 is 16.2 Å². The van der Waals surface area contributed by atoms with Crippen LogP contribution in [0.5, 0.6) is 0 Å². The number of amides is 1. The number of benzene rings is 1. The van der Waals surface area contributed by atoms with Crippen molar-refractivity contribution in [3.63, 3.8) is 0 Å². The minimum atomic E-state index is -0.692. The Bertz CT molecular complexity index is 398. The molecule has 4 heteroatoms. The summed E-state index contributed by atoms with van der Waals surface area (Å²) in [5, 5.41) is 12.5. The third kappa shape index (κ3) is 5.85. The van der Waals surface area contributed by atoms with Crippen LogP contribution >= 0.6 is 0 Å². The van der Waals surface area contributed by atoms with Crippen LogP contribution < -0.4 is 11.1 Å². The molecule has 0 fully saturated rings. The average molecular weight is 264 g/mol. The third-order valence-corrected chi connectivity index (χ3v) is 2.80. The highest BCUT2D eigenvalue weighted by atomic mass is 16.3. The third-order valence-electron chi connectivity index (χ3n) is 2.80. The Hall–Kier alpha value is -1.39. The molecule has 4 N–H and O–H groups in total. The summed E-state index contributed by atoms with van der Waals surface area (Å²) in [6, 6.07) is 8.50. The largest absolute Gasteiger partial charge is 0.391 e. The number of hydrogen-bond donors (Lipinski definition) is 3. The van der Waals surface area contributed by atoms with Crippen LogP contribution in [0.25, 0.3) is 0 Å². The van der Waals surface area contributed by atoms with E-state index < -0.39 is 12.1 Å². The first-order chi connectivity index (χ1) is 8.79. The fourth-order valence-corrected chi connectivity index (χ4v) is 1.92. The fourth-order valence-electron chi connectivity index (χ4n) is 1.92. The van der Waals surface area contributed by atoms with Gasteiger partial charge in [-0.1, -0.05) is 51.1 Å². The van der Waals surface area contributed by atoms with E-state index in [1.807, 2.05) is 51.1 Å². The number of hydrogen-bond acceptors (Lipinski definition) is 3. The van der Waals surface area contributed by atoms with Crippen LogP contribution in [0, 0.1) is 5.41 Å². The Morgan fingerprint density at radius 1 is 1.32 bits per heavy atom. The second kappa shape index (κ2) is 6.68. The SMILES string of the molecule is CC(C)(C)CC(O)CNC(=O)C(N)c1ccccc1. The molecule has 1 rings (SSSR count). The van der Waals surface area contributed by atoms with Crippen LogP contribution in [-0.2, 0) is 4.79 Å². The standard InChI is InChI=1S/C15H24N2O2/c1-15(2,3)9-12(18)10-17-14(19)13(16)11-7-5-4-6-8-11/h4-8,12-13,18H,9-10,16H2,1-3H3,(H,17,19). The minimum Gasteiger partial charge on any atom is -0.391 e. The topological polar surface area (TPSA) is 75.3 Å². The number of nitrogens with two attached hydrogens (primary N) is 1. The maximum Gasteiger partial charge on any atom is 0.241 e. The van der Waals surface area contributed by atoms with Gasteiger partial charge in [-0.2, -0.15) is 0 Å². The Kier molecular flexibility index (Phi) is 5.51. The molecule has 0 aliphatic carbocycles. The summed E-state index contributed by atoms with van der Waals surface area (Å²) in [5.41, 5.74) is 6.66. The lowest BCUT2D eigenvalue weighted by atomic mass is 9.89. The van der Waals surface area contributed by atoms with Gasteiger partial charge in [-0.25, -0.2) is 0 Å². The molecule has 0 aliphatic heterocycles. The fraction of sp³-hybridized carbons (Fsp3) is 0.533. The highest BCUT2D eigenvalue weighted by molar-refractivity contribution is 5.82. The molecule has 0 heterocycles. The van der Waals surface area contributed by atoms with Gasteiger partial charge in [0.2, 0.25) is 5.91 Å². The number of carbonyl (C=O) groups is 1. The van der Waals surface area contributed by atoms with Crippen LogP contribution in [0.2, 0.25) is 0 Å². The Morgan fingerprint density at radius 2 is 1.89 bits per heavy atom. The first-order valence-corrected chi connectivity index (χ1v) is 6.56. The van der Waals surface area contributed by atoms with Gasteiger partial charge in [0.05, 0.1) is 6.10 Å². The molecule has 1 amide bonds. The number of aliphatic hydroxyl groups excluding tert-OH is 1. The smallest absolute Gasteiger partial charge is 0.241 e. The van der Waals surface area contributed by atoms with Crippen molar-refractivity contribution in [2.24, 2.45) is 11.1 Å². The van der Waals surface area contributed by atoms with E-state index in [0.717, 1.165) is 5.56 Å². The maximum absolute atomic E-state index is 11.9. The van der Waals surface area contributed by atoms with E-state index >= 15 is 0 Å². The summed E-state index contributed by atoms with van der Waals surface area (Å²) < 4.78 is 0. The van der Waals surface area contributed by atoms with Crippen LogP contribution in [-0.4, -0.2) is 23.7 Å². The van der Waals surface area contributed by atoms with Gasteiger partial charge in [0, 0.05) is 6.54 Å². The van der Waals surface area contributed by atoms with Crippen molar-refractivity contribution in [1.29, 1.82) is 0 Å². The maximum atomic E-state index is 11.9. The van der Waals surface area contributed by atoms with Gasteiger partial charge in [-0.15, -0.1) is 0 Å². The van der Waals surface area contributed by atoms with Crippen molar-refractivity contribution in [3.8, 4) is 0 Å². The van der Waals surface area contributed by atoms with Crippen LogP contribution in [0.3, 0.4) is 0 Å². The molecule has 0 saturated carbocycles. The Morgan fingerprint density at radius 3 is 2.42 bits per heavy atom.